The Bertz CT molecular complexity index is 272. The van der Waals surface area contributed by atoms with Crippen molar-refractivity contribution in [1.29, 1.82) is 0 Å². The molecule has 2 rings (SSSR count). The molecule has 1 aliphatic carbocycles. The second-order valence-electron chi connectivity index (χ2n) is 3.54. The third-order valence-electron chi connectivity index (χ3n) is 2.34. The highest BCUT2D eigenvalue weighted by Gasteiger charge is 2.50. The molecule has 2 heteroatoms. The van der Waals surface area contributed by atoms with Crippen LogP contribution in [0.3, 0.4) is 0 Å². The average Bonchev–Trinajstić information content (AvgIpc) is 2.61. The second-order valence-corrected chi connectivity index (χ2v) is 3.54. The molecular weight excluding hydrogens is 150 g/mol. The van der Waals surface area contributed by atoms with Gasteiger partial charge in [0.1, 0.15) is 11.4 Å². The van der Waals surface area contributed by atoms with Crippen LogP contribution >= 0.6 is 0 Å². The Kier molecular flexibility index (Phi) is 1.58. The average molecular weight is 163 g/mol. The summed E-state index contributed by atoms with van der Waals surface area (Å²) in [4.78, 5) is 0. The van der Waals surface area contributed by atoms with Crippen LogP contribution in [-0.2, 0) is 0 Å². The first kappa shape index (κ1) is 7.62. The van der Waals surface area contributed by atoms with E-state index in [9.17, 15) is 0 Å². The molecule has 1 saturated carbocycles. The molecule has 0 saturated heterocycles. The lowest BCUT2D eigenvalue weighted by Crippen LogP contribution is -2.23. The number of rotatable bonds is 2. The van der Waals surface area contributed by atoms with Gasteiger partial charge in [-0.25, -0.2) is 0 Å². The van der Waals surface area contributed by atoms with Crippen LogP contribution in [0.5, 0.6) is 5.75 Å². The predicted molar refractivity (Wildman–Crippen MR) is 48.1 cm³/mol. The first-order chi connectivity index (χ1) is 5.71. The van der Waals surface area contributed by atoms with Gasteiger partial charge in [-0.3, -0.25) is 0 Å². The molecule has 0 amide bonds. The molecule has 1 fully saturated rings. The summed E-state index contributed by atoms with van der Waals surface area (Å²) >= 11 is 0. The Morgan fingerprint density at radius 3 is 2.50 bits per heavy atom. The van der Waals surface area contributed by atoms with Crippen molar-refractivity contribution in [1.82, 2.24) is 0 Å². The standard InChI is InChI=1S/C10H13NO/c1-10(7-9(10)11)12-8-5-3-2-4-6-8/h2-6,9H,7,11H2,1H3/t9-,10+/m1/s1. The fourth-order valence-electron chi connectivity index (χ4n) is 1.25. The van der Waals surface area contributed by atoms with Gasteiger partial charge in [0.25, 0.3) is 0 Å². The van der Waals surface area contributed by atoms with Crippen LogP contribution in [0.25, 0.3) is 0 Å². The maximum absolute atomic E-state index is 5.72. The molecular formula is C10H13NO. The fourth-order valence-corrected chi connectivity index (χ4v) is 1.25. The molecule has 0 heterocycles. The van der Waals surface area contributed by atoms with Crippen LogP contribution in [0.1, 0.15) is 13.3 Å². The van der Waals surface area contributed by atoms with Crippen LogP contribution in [0.15, 0.2) is 30.3 Å². The van der Waals surface area contributed by atoms with Crippen molar-refractivity contribution >= 4 is 0 Å². The number of nitrogens with two attached hydrogens (primary N) is 1. The molecule has 12 heavy (non-hydrogen) atoms. The molecule has 2 atom stereocenters. The number of hydrogen-bond acceptors (Lipinski definition) is 2. The highest BCUT2D eigenvalue weighted by molar-refractivity contribution is 5.24. The van der Waals surface area contributed by atoms with E-state index in [2.05, 4.69) is 0 Å². The summed E-state index contributed by atoms with van der Waals surface area (Å²) in [6.45, 7) is 2.05. The van der Waals surface area contributed by atoms with Crippen LogP contribution in [0.4, 0.5) is 0 Å². The Labute approximate surface area is 72.3 Å². The first-order valence-corrected chi connectivity index (χ1v) is 4.20. The maximum Gasteiger partial charge on any atom is 0.123 e. The van der Waals surface area contributed by atoms with E-state index in [1.807, 2.05) is 37.3 Å². The van der Waals surface area contributed by atoms with Gasteiger partial charge in [0, 0.05) is 12.5 Å². The van der Waals surface area contributed by atoms with Crippen molar-refractivity contribution in [2.45, 2.75) is 25.0 Å². The summed E-state index contributed by atoms with van der Waals surface area (Å²) in [5.74, 6) is 0.910. The van der Waals surface area contributed by atoms with Gasteiger partial charge in [-0.15, -0.1) is 0 Å². The van der Waals surface area contributed by atoms with Crippen LogP contribution in [0, 0.1) is 0 Å². The topological polar surface area (TPSA) is 35.2 Å². The van der Waals surface area contributed by atoms with Crippen LogP contribution in [-0.4, -0.2) is 11.6 Å². The normalized spacial score (nSPS) is 33.0. The number of ether oxygens (including phenoxy) is 1. The van der Waals surface area contributed by atoms with Crippen molar-refractivity contribution in [3.8, 4) is 5.75 Å². The monoisotopic (exact) mass is 163 g/mol. The third-order valence-corrected chi connectivity index (χ3v) is 2.34. The molecule has 1 aliphatic rings. The minimum atomic E-state index is -0.110. The zero-order valence-corrected chi connectivity index (χ0v) is 7.16. The van der Waals surface area contributed by atoms with E-state index in [1.54, 1.807) is 0 Å². The minimum absolute atomic E-state index is 0.110. The van der Waals surface area contributed by atoms with Gasteiger partial charge in [0.2, 0.25) is 0 Å². The fraction of sp³-hybridized carbons (Fsp3) is 0.400. The Balaban J connectivity index is 2.06. The largest absolute Gasteiger partial charge is 0.486 e. The van der Waals surface area contributed by atoms with Crippen LogP contribution < -0.4 is 10.5 Å². The van der Waals surface area contributed by atoms with Crippen molar-refractivity contribution < 1.29 is 4.74 Å². The lowest BCUT2D eigenvalue weighted by atomic mass is 10.3. The lowest BCUT2D eigenvalue weighted by molar-refractivity contribution is 0.193. The Morgan fingerprint density at radius 2 is 2.00 bits per heavy atom. The van der Waals surface area contributed by atoms with E-state index < -0.39 is 0 Å². The third kappa shape index (κ3) is 1.30. The molecule has 0 unspecified atom stereocenters. The van der Waals surface area contributed by atoms with Gasteiger partial charge < -0.3 is 10.5 Å². The van der Waals surface area contributed by atoms with E-state index in [0.717, 1.165) is 12.2 Å². The summed E-state index contributed by atoms with van der Waals surface area (Å²) in [5.41, 5.74) is 5.61. The summed E-state index contributed by atoms with van der Waals surface area (Å²) in [6, 6.07) is 10.0. The summed E-state index contributed by atoms with van der Waals surface area (Å²) in [6.07, 6.45) is 0.960. The molecule has 2 N–H and O–H groups in total. The van der Waals surface area contributed by atoms with Gasteiger partial charge >= 0.3 is 0 Å². The van der Waals surface area contributed by atoms with E-state index in [4.69, 9.17) is 10.5 Å². The highest BCUT2D eigenvalue weighted by atomic mass is 16.5. The Hall–Kier alpha value is -1.02. The highest BCUT2D eigenvalue weighted by Crippen LogP contribution is 2.38. The molecule has 0 spiro atoms. The molecule has 1 aromatic carbocycles. The quantitative estimate of drug-likeness (QED) is 0.718. The van der Waals surface area contributed by atoms with E-state index in [-0.39, 0.29) is 11.6 Å². The van der Waals surface area contributed by atoms with Gasteiger partial charge in [-0.2, -0.15) is 0 Å². The number of hydrogen-bond donors (Lipinski definition) is 1. The summed E-state index contributed by atoms with van der Waals surface area (Å²) in [7, 11) is 0. The maximum atomic E-state index is 5.72. The molecule has 64 valence electrons. The van der Waals surface area contributed by atoms with Crippen molar-refractivity contribution in [2.75, 3.05) is 0 Å². The first-order valence-electron chi connectivity index (χ1n) is 4.20. The van der Waals surface area contributed by atoms with Crippen molar-refractivity contribution in [3.05, 3.63) is 30.3 Å². The van der Waals surface area contributed by atoms with Crippen molar-refractivity contribution in [3.63, 3.8) is 0 Å². The van der Waals surface area contributed by atoms with Gasteiger partial charge in [-0.1, -0.05) is 18.2 Å². The zero-order valence-electron chi connectivity index (χ0n) is 7.16. The van der Waals surface area contributed by atoms with E-state index >= 15 is 0 Å². The zero-order chi connectivity index (χ0) is 8.60. The molecule has 0 aliphatic heterocycles. The number of benzene rings is 1. The van der Waals surface area contributed by atoms with Crippen molar-refractivity contribution in [2.24, 2.45) is 5.73 Å². The van der Waals surface area contributed by atoms with Gasteiger partial charge in [0.05, 0.1) is 0 Å². The molecule has 1 aromatic rings. The lowest BCUT2D eigenvalue weighted by Gasteiger charge is -2.13. The summed E-state index contributed by atoms with van der Waals surface area (Å²) in [5, 5.41) is 0. The van der Waals surface area contributed by atoms with E-state index in [0.29, 0.717) is 0 Å². The minimum Gasteiger partial charge on any atom is -0.486 e. The molecule has 0 bridgehead atoms. The predicted octanol–water partition coefficient (Wildman–Crippen LogP) is 1.56. The van der Waals surface area contributed by atoms with Gasteiger partial charge in [0.15, 0.2) is 0 Å². The summed E-state index contributed by atoms with van der Waals surface area (Å²) < 4.78 is 5.70. The number of para-hydroxylation sites is 1. The molecule has 0 radical (unpaired) electrons. The molecule has 0 aromatic heterocycles. The second kappa shape index (κ2) is 2.49. The smallest absolute Gasteiger partial charge is 0.123 e. The molecule has 2 nitrogen and oxygen atoms in total. The van der Waals surface area contributed by atoms with Crippen LogP contribution in [0.2, 0.25) is 0 Å². The van der Waals surface area contributed by atoms with Gasteiger partial charge in [-0.05, 0) is 19.1 Å². The van der Waals surface area contributed by atoms with E-state index in [1.165, 1.54) is 0 Å². The Morgan fingerprint density at radius 1 is 1.42 bits per heavy atom. The SMILES string of the molecule is C[C@]1(Oc2ccccc2)C[C@H]1N.